The minimum absolute atomic E-state index is 0.221. The first-order valence-corrected chi connectivity index (χ1v) is 6.15. The number of rotatable bonds is 3. The monoisotopic (exact) mass is 269 g/mol. The number of hydrogen-bond donors (Lipinski definition) is 1. The van der Waals surface area contributed by atoms with Crippen molar-refractivity contribution in [3.8, 4) is 11.4 Å². The highest BCUT2D eigenvalue weighted by atomic mass is 19.1. The number of para-hydroxylation sites is 1. The van der Waals surface area contributed by atoms with Crippen molar-refractivity contribution in [2.75, 3.05) is 5.32 Å². The van der Waals surface area contributed by atoms with Gasteiger partial charge in [0.15, 0.2) is 0 Å². The summed E-state index contributed by atoms with van der Waals surface area (Å²) in [7, 11) is 0. The average Bonchev–Trinajstić information content (AvgIpc) is 2.90. The van der Waals surface area contributed by atoms with Crippen LogP contribution in [0.15, 0.2) is 53.1 Å². The molecule has 0 aliphatic carbocycles. The Kier molecular flexibility index (Phi) is 3.16. The zero-order valence-electron chi connectivity index (χ0n) is 10.8. The van der Waals surface area contributed by atoms with E-state index < -0.39 is 0 Å². The Bertz CT molecular complexity index is 739. The second-order valence-electron chi connectivity index (χ2n) is 4.34. The molecule has 5 heteroatoms. The van der Waals surface area contributed by atoms with Gasteiger partial charge in [-0.1, -0.05) is 35.5 Å². The number of aromatic nitrogens is 2. The summed E-state index contributed by atoms with van der Waals surface area (Å²) in [6.45, 7) is 1.97. The Morgan fingerprint density at radius 1 is 1.05 bits per heavy atom. The van der Waals surface area contributed by atoms with E-state index in [1.807, 2.05) is 31.2 Å². The van der Waals surface area contributed by atoms with Crippen LogP contribution in [0.2, 0.25) is 0 Å². The van der Waals surface area contributed by atoms with E-state index in [0.717, 1.165) is 11.3 Å². The SMILES string of the molecule is Cc1ccccc1Nc1nc(-c2ccccc2F)no1. The van der Waals surface area contributed by atoms with Crippen LogP contribution in [-0.4, -0.2) is 10.1 Å². The summed E-state index contributed by atoms with van der Waals surface area (Å²) in [5.41, 5.74) is 2.24. The lowest BCUT2D eigenvalue weighted by atomic mass is 10.2. The van der Waals surface area contributed by atoms with Gasteiger partial charge in [0.25, 0.3) is 0 Å². The number of benzene rings is 2. The third-order valence-electron chi connectivity index (χ3n) is 2.93. The predicted octanol–water partition coefficient (Wildman–Crippen LogP) is 3.93. The van der Waals surface area contributed by atoms with Gasteiger partial charge in [0.1, 0.15) is 5.82 Å². The molecular weight excluding hydrogens is 257 g/mol. The van der Waals surface area contributed by atoms with Crippen LogP contribution in [0, 0.1) is 12.7 Å². The van der Waals surface area contributed by atoms with E-state index in [2.05, 4.69) is 15.5 Å². The Hall–Kier alpha value is -2.69. The van der Waals surface area contributed by atoms with Gasteiger partial charge < -0.3 is 9.84 Å². The Labute approximate surface area is 115 Å². The lowest BCUT2D eigenvalue weighted by molar-refractivity contribution is 0.435. The van der Waals surface area contributed by atoms with Crippen LogP contribution in [0.5, 0.6) is 0 Å². The minimum Gasteiger partial charge on any atom is -0.315 e. The van der Waals surface area contributed by atoms with Crippen LogP contribution in [-0.2, 0) is 0 Å². The van der Waals surface area contributed by atoms with Gasteiger partial charge in [-0.15, -0.1) is 0 Å². The van der Waals surface area contributed by atoms with Crippen LogP contribution in [0.3, 0.4) is 0 Å². The maximum atomic E-state index is 13.6. The number of aryl methyl sites for hydroxylation is 1. The van der Waals surface area contributed by atoms with Crippen molar-refractivity contribution >= 4 is 11.7 Å². The molecule has 0 fully saturated rings. The zero-order chi connectivity index (χ0) is 13.9. The highest BCUT2D eigenvalue weighted by molar-refractivity contribution is 5.60. The van der Waals surface area contributed by atoms with Gasteiger partial charge >= 0.3 is 6.01 Å². The van der Waals surface area contributed by atoms with Gasteiger partial charge in [-0.2, -0.15) is 4.98 Å². The zero-order valence-corrected chi connectivity index (χ0v) is 10.8. The topological polar surface area (TPSA) is 51.0 Å². The third-order valence-corrected chi connectivity index (χ3v) is 2.93. The number of halogens is 1. The van der Waals surface area contributed by atoms with E-state index >= 15 is 0 Å². The average molecular weight is 269 g/mol. The van der Waals surface area contributed by atoms with E-state index in [1.54, 1.807) is 18.2 Å². The quantitative estimate of drug-likeness (QED) is 0.782. The highest BCUT2D eigenvalue weighted by Gasteiger charge is 2.12. The van der Waals surface area contributed by atoms with Gasteiger partial charge in [0, 0.05) is 5.69 Å². The molecule has 0 atom stereocenters. The molecule has 100 valence electrons. The van der Waals surface area contributed by atoms with Gasteiger partial charge in [-0.3, -0.25) is 0 Å². The molecule has 0 spiro atoms. The summed E-state index contributed by atoms with van der Waals surface area (Å²) in [5.74, 6) is -0.157. The molecule has 3 aromatic rings. The van der Waals surface area contributed by atoms with Crippen LogP contribution >= 0.6 is 0 Å². The van der Waals surface area contributed by atoms with E-state index in [0.29, 0.717) is 5.56 Å². The van der Waals surface area contributed by atoms with Gasteiger partial charge in [-0.05, 0) is 30.7 Å². The first kappa shape index (κ1) is 12.3. The second kappa shape index (κ2) is 5.13. The maximum absolute atomic E-state index is 13.6. The van der Waals surface area contributed by atoms with E-state index in [1.165, 1.54) is 6.07 Å². The molecule has 0 radical (unpaired) electrons. The summed E-state index contributed by atoms with van der Waals surface area (Å²) in [6.07, 6.45) is 0. The lowest BCUT2D eigenvalue weighted by Gasteiger charge is -2.03. The fraction of sp³-hybridized carbons (Fsp3) is 0.0667. The van der Waals surface area contributed by atoms with Crippen molar-refractivity contribution in [2.24, 2.45) is 0 Å². The molecule has 0 amide bonds. The molecular formula is C15H12FN3O. The van der Waals surface area contributed by atoms with Gasteiger partial charge in [0.2, 0.25) is 5.82 Å². The van der Waals surface area contributed by atoms with Crippen molar-refractivity contribution < 1.29 is 8.91 Å². The molecule has 1 N–H and O–H groups in total. The summed E-state index contributed by atoms with van der Waals surface area (Å²) < 4.78 is 18.7. The summed E-state index contributed by atoms with van der Waals surface area (Å²) in [6, 6.07) is 14.3. The molecule has 2 aromatic carbocycles. The molecule has 1 heterocycles. The van der Waals surface area contributed by atoms with Gasteiger partial charge in [-0.25, -0.2) is 4.39 Å². The Morgan fingerprint density at radius 3 is 2.60 bits per heavy atom. The smallest absolute Gasteiger partial charge is 0.315 e. The van der Waals surface area contributed by atoms with Crippen molar-refractivity contribution in [3.05, 3.63) is 59.9 Å². The van der Waals surface area contributed by atoms with Crippen molar-refractivity contribution in [1.82, 2.24) is 10.1 Å². The van der Waals surface area contributed by atoms with Crippen LogP contribution in [0.1, 0.15) is 5.56 Å². The molecule has 20 heavy (non-hydrogen) atoms. The normalized spacial score (nSPS) is 10.5. The second-order valence-corrected chi connectivity index (χ2v) is 4.34. The van der Waals surface area contributed by atoms with Crippen LogP contribution in [0.4, 0.5) is 16.1 Å². The molecule has 1 aromatic heterocycles. The number of nitrogens with zero attached hydrogens (tertiary/aromatic N) is 2. The first-order chi connectivity index (χ1) is 9.74. The molecule has 4 nitrogen and oxygen atoms in total. The predicted molar refractivity (Wildman–Crippen MR) is 74.2 cm³/mol. The van der Waals surface area contributed by atoms with E-state index in [4.69, 9.17) is 4.52 Å². The van der Waals surface area contributed by atoms with E-state index in [9.17, 15) is 4.39 Å². The number of hydrogen-bond acceptors (Lipinski definition) is 4. The van der Waals surface area contributed by atoms with Crippen molar-refractivity contribution in [3.63, 3.8) is 0 Å². The van der Waals surface area contributed by atoms with Gasteiger partial charge in [0.05, 0.1) is 5.56 Å². The fourth-order valence-corrected chi connectivity index (χ4v) is 1.85. The maximum Gasteiger partial charge on any atom is 0.326 e. The first-order valence-electron chi connectivity index (χ1n) is 6.15. The molecule has 0 aliphatic rings. The third kappa shape index (κ3) is 2.38. The van der Waals surface area contributed by atoms with Crippen LogP contribution < -0.4 is 5.32 Å². The number of anilines is 2. The molecule has 0 saturated heterocycles. The standard InChI is InChI=1S/C15H12FN3O/c1-10-6-2-5-9-13(10)17-15-18-14(19-20-15)11-7-3-4-8-12(11)16/h2-9H,1H3,(H,17,18,19). The summed E-state index contributed by atoms with van der Waals surface area (Å²) >= 11 is 0. The van der Waals surface area contributed by atoms with Crippen molar-refractivity contribution in [2.45, 2.75) is 6.92 Å². The van der Waals surface area contributed by atoms with Crippen LogP contribution in [0.25, 0.3) is 11.4 Å². The molecule has 0 unspecified atom stereocenters. The molecule has 3 rings (SSSR count). The molecule has 0 saturated carbocycles. The van der Waals surface area contributed by atoms with Crippen molar-refractivity contribution in [1.29, 1.82) is 0 Å². The summed E-state index contributed by atoms with van der Waals surface area (Å²) in [5, 5.41) is 6.80. The minimum atomic E-state index is -0.379. The largest absolute Gasteiger partial charge is 0.326 e. The fourth-order valence-electron chi connectivity index (χ4n) is 1.85. The molecule has 0 aliphatic heterocycles. The summed E-state index contributed by atoms with van der Waals surface area (Å²) in [4.78, 5) is 4.15. The Morgan fingerprint density at radius 2 is 1.80 bits per heavy atom. The highest BCUT2D eigenvalue weighted by Crippen LogP contribution is 2.23. The molecule has 0 bridgehead atoms. The lowest BCUT2D eigenvalue weighted by Crippen LogP contribution is -1.93. The van der Waals surface area contributed by atoms with E-state index in [-0.39, 0.29) is 17.7 Å². The number of nitrogens with one attached hydrogen (secondary N) is 1. The Balaban J connectivity index is 1.88.